The summed E-state index contributed by atoms with van der Waals surface area (Å²) in [5.41, 5.74) is 10.1. The van der Waals surface area contributed by atoms with Crippen LogP contribution >= 0.6 is 0 Å². The van der Waals surface area contributed by atoms with Crippen molar-refractivity contribution in [3.05, 3.63) is 41.6 Å². The predicted molar refractivity (Wildman–Crippen MR) is 94.7 cm³/mol. The number of carbonyl (C=O) groups is 1. The highest BCUT2D eigenvalue weighted by Crippen LogP contribution is 2.28. The maximum absolute atomic E-state index is 10.9. The lowest BCUT2D eigenvalue weighted by molar-refractivity contribution is 0.249. The molecule has 0 spiro atoms. The van der Waals surface area contributed by atoms with Gasteiger partial charge in [-0.3, -0.25) is 0 Å². The van der Waals surface area contributed by atoms with Gasteiger partial charge in [-0.05, 0) is 38.3 Å². The largest absolute Gasteiger partial charge is 0.356 e. The molecule has 126 valence electrons. The SMILES string of the molecule is Cc1nn(-c2ccccc2)c(N2CCCCC2)c1/C=N\NC(N)=O. The van der Waals surface area contributed by atoms with E-state index in [1.165, 1.54) is 6.42 Å². The minimum atomic E-state index is -0.682. The number of aromatic nitrogens is 2. The van der Waals surface area contributed by atoms with Crippen molar-refractivity contribution in [3.63, 3.8) is 0 Å². The second-order valence-electron chi connectivity index (χ2n) is 5.85. The number of amides is 2. The van der Waals surface area contributed by atoms with Crippen LogP contribution in [0, 0.1) is 6.92 Å². The molecule has 1 aromatic heterocycles. The summed E-state index contributed by atoms with van der Waals surface area (Å²) < 4.78 is 1.95. The molecule has 1 saturated heterocycles. The van der Waals surface area contributed by atoms with Crippen molar-refractivity contribution < 1.29 is 4.79 Å². The Kier molecular flexibility index (Phi) is 4.79. The van der Waals surface area contributed by atoms with Gasteiger partial charge in [0.25, 0.3) is 0 Å². The lowest BCUT2D eigenvalue weighted by Crippen LogP contribution is -2.32. The van der Waals surface area contributed by atoms with Crippen molar-refractivity contribution in [3.8, 4) is 5.69 Å². The highest BCUT2D eigenvalue weighted by atomic mass is 16.2. The van der Waals surface area contributed by atoms with Crippen LogP contribution in [-0.2, 0) is 0 Å². The van der Waals surface area contributed by atoms with E-state index in [-0.39, 0.29) is 0 Å². The average molecular weight is 326 g/mol. The first kappa shape index (κ1) is 16.0. The molecule has 7 nitrogen and oxygen atoms in total. The van der Waals surface area contributed by atoms with Crippen LogP contribution in [0.4, 0.5) is 10.6 Å². The van der Waals surface area contributed by atoms with Crippen LogP contribution < -0.4 is 16.1 Å². The molecule has 0 atom stereocenters. The highest BCUT2D eigenvalue weighted by molar-refractivity contribution is 5.89. The third kappa shape index (κ3) is 3.40. The molecule has 0 bridgehead atoms. The molecule has 2 aromatic rings. The van der Waals surface area contributed by atoms with Gasteiger partial charge in [0.2, 0.25) is 0 Å². The Labute approximate surface area is 141 Å². The summed E-state index contributed by atoms with van der Waals surface area (Å²) in [6.07, 6.45) is 5.20. The molecule has 0 radical (unpaired) electrons. The van der Waals surface area contributed by atoms with E-state index in [9.17, 15) is 4.79 Å². The second-order valence-corrected chi connectivity index (χ2v) is 5.85. The van der Waals surface area contributed by atoms with Crippen LogP contribution in [0.1, 0.15) is 30.5 Å². The number of nitrogens with one attached hydrogen (secondary N) is 1. The van der Waals surface area contributed by atoms with Gasteiger partial charge in [0, 0.05) is 13.1 Å². The van der Waals surface area contributed by atoms with Crippen LogP contribution in [0.3, 0.4) is 0 Å². The zero-order valence-electron chi connectivity index (χ0n) is 13.8. The number of nitrogens with zero attached hydrogens (tertiary/aromatic N) is 4. The maximum atomic E-state index is 10.9. The molecule has 1 aliphatic heterocycles. The fourth-order valence-corrected chi connectivity index (χ4v) is 3.00. The molecule has 0 aliphatic carbocycles. The normalized spacial score (nSPS) is 15.0. The number of rotatable bonds is 4. The first-order valence-electron chi connectivity index (χ1n) is 8.15. The van der Waals surface area contributed by atoms with Gasteiger partial charge in [-0.2, -0.15) is 10.2 Å². The number of hydrogen-bond donors (Lipinski definition) is 2. The van der Waals surface area contributed by atoms with E-state index in [0.29, 0.717) is 0 Å². The van der Waals surface area contributed by atoms with Gasteiger partial charge in [0.15, 0.2) is 0 Å². The van der Waals surface area contributed by atoms with Crippen LogP contribution in [0.15, 0.2) is 35.4 Å². The third-order valence-electron chi connectivity index (χ3n) is 4.11. The zero-order valence-corrected chi connectivity index (χ0v) is 13.8. The molecule has 1 fully saturated rings. The van der Waals surface area contributed by atoms with E-state index in [2.05, 4.69) is 15.4 Å². The van der Waals surface area contributed by atoms with Gasteiger partial charge < -0.3 is 10.6 Å². The minimum Gasteiger partial charge on any atom is -0.356 e. The molecule has 24 heavy (non-hydrogen) atoms. The van der Waals surface area contributed by atoms with E-state index < -0.39 is 6.03 Å². The second kappa shape index (κ2) is 7.16. The van der Waals surface area contributed by atoms with Crippen LogP contribution in [-0.4, -0.2) is 35.1 Å². The van der Waals surface area contributed by atoms with Gasteiger partial charge in [0.05, 0.1) is 23.2 Å². The predicted octanol–water partition coefficient (Wildman–Crippen LogP) is 2.17. The summed E-state index contributed by atoms with van der Waals surface area (Å²) in [7, 11) is 0. The minimum absolute atomic E-state index is 0.682. The number of aryl methyl sites for hydroxylation is 1. The summed E-state index contributed by atoms with van der Waals surface area (Å²) in [6.45, 7) is 3.92. The molecule has 2 heterocycles. The summed E-state index contributed by atoms with van der Waals surface area (Å²) in [5, 5.41) is 8.63. The molecule has 0 unspecified atom stereocenters. The molecule has 1 aliphatic rings. The molecule has 3 rings (SSSR count). The van der Waals surface area contributed by atoms with Crippen LogP contribution in [0.2, 0.25) is 0 Å². The number of para-hydroxylation sites is 1. The fraction of sp³-hybridized carbons (Fsp3) is 0.353. The quantitative estimate of drug-likeness (QED) is 0.666. The van der Waals surface area contributed by atoms with Gasteiger partial charge >= 0.3 is 6.03 Å². The number of piperidine rings is 1. The molecule has 7 heteroatoms. The standard InChI is InChI=1S/C17H22N6O/c1-13-15(12-19-20-17(18)24)16(22-10-6-3-7-11-22)23(21-13)14-8-4-2-5-9-14/h2,4-5,8-9,12H,3,6-7,10-11H2,1H3,(H3,18,20,24)/b19-12-. The number of benzene rings is 1. The maximum Gasteiger partial charge on any atom is 0.332 e. The van der Waals surface area contributed by atoms with Crippen molar-refractivity contribution in [1.29, 1.82) is 0 Å². The molecular formula is C17H22N6O. The number of urea groups is 1. The first-order chi connectivity index (χ1) is 11.7. The van der Waals surface area contributed by atoms with Gasteiger partial charge in [-0.1, -0.05) is 18.2 Å². The zero-order chi connectivity index (χ0) is 16.9. The van der Waals surface area contributed by atoms with Crippen molar-refractivity contribution in [2.45, 2.75) is 26.2 Å². The Balaban J connectivity index is 2.05. The van der Waals surface area contributed by atoms with Crippen molar-refractivity contribution in [2.75, 3.05) is 18.0 Å². The van der Waals surface area contributed by atoms with Crippen molar-refractivity contribution in [2.24, 2.45) is 10.8 Å². The summed E-state index contributed by atoms with van der Waals surface area (Å²) >= 11 is 0. The Hall–Kier alpha value is -2.83. The van der Waals surface area contributed by atoms with Crippen molar-refractivity contribution in [1.82, 2.24) is 15.2 Å². The highest BCUT2D eigenvalue weighted by Gasteiger charge is 2.22. The Morgan fingerprint density at radius 3 is 2.62 bits per heavy atom. The monoisotopic (exact) mass is 326 g/mol. The van der Waals surface area contributed by atoms with E-state index in [0.717, 1.165) is 48.7 Å². The molecular weight excluding hydrogens is 304 g/mol. The number of anilines is 1. The summed E-state index contributed by atoms with van der Waals surface area (Å²) in [6, 6.07) is 9.35. The first-order valence-corrected chi connectivity index (χ1v) is 8.15. The number of nitrogens with two attached hydrogens (primary N) is 1. The molecule has 2 amide bonds. The number of hydrogen-bond acceptors (Lipinski definition) is 4. The fourth-order valence-electron chi connectivity index (χ4n) is 3.00. The molecule has 3 N–H and O–H groups in total. The van der Waals surface area contributed by atoms with Gasteiger partial charge in [-0.15, -0.1) is 0 Å². The summed E-state index contributed by atoms with van der Waals surface area (Å²) in [5.74, 6) is 1.01. The van der Waals surface area contributed by atoms with E-state index in [1.807, 2.05) is 41.9 Å². The number of primary amides is 1. The Morgan fingerprint density at radius 2 is 1.96 bits per heavy atom. The van der Waals surface area contributed by atoms with E-state index in [1.54, 1.807) is 6.21 Å². The summed E-state index contributed by atoms with van der Waals surface area (Å²) in [4.78, 5) is 13.2. The number of carbonyl (C=O) groups excluding carboxylic acids is 1. The van der Waals surface area contributed by atoms with Crippen LogP contribution in [0.25, 0.3) is 5.69 Å². The van der Waals surface area contributed by atoms with Crippen LogP contribution in [0.5, 0.6) is 0 Å². The van der Waals surface area contributed by atoms with Crippen molar-refractivity contribution >= 4 is 18.1 Å². The smallest absolute Gasteiger partial charge is 0.332 e. The lowest BCUT2D eigenvalue weighted by atomic mass is 10.1. The molecule has 0 saturated carbocycles. The van der Waals surface area contributed by atoms with Gasteiger partial charge in [0.1, 0.15) is 5.82 Å². The van der Waals surface area contributed by atoms with E-state index in [4.69, 9.17) is 10.8 Å². The topological polar surface area (TPSA) is 88.5 Å². The lowest BCUT2D eigenvalue weighted by Gasteiger charge is -2.29. The number of hydrazone groups is 1. The average Bonchev–Trinajstić information content (AvgIpc) is 2.93. The van der Waals surface area contributed by atoms with Gasteiger partial charge in [-0.25, -0.2) is 14.9 Å². The third-order valence-corrected chi connectivity index (χ3v) is 4.11. The Bertz CT molecular complexity index is 731. The Morgan fingerprint density at radius 1 is 1.25 bits per heavy atom. The molecule has 1 aromatic carbocycles. The van der Waals surface area contributed by atoms with E-state index >= 15 is 0 Å².